The van der Waals surface area contributed by atoms with Crippen LogP contribution in [0.25, 0.3) is 11.1 Å². The van der Waals surface area contributed by atoms with Gasteiger partial charge in [0.05, 0.1) is 10.0 Å². The molecule has 0 aliphatic heterocycles. The molecule has 0 saturated heterocycles. The van der Waals surface area contributed by atoms with Gasteiger partial charge in [0, 0.05) is 23.5 Å². The summed E-state index contributed by atoms with van der Waals surface area (Å²) in [6.07, 6.45) is 2.96. The number of halogens is 2. The lowest BCUT2D eigenvalue weighted by Gasteiger charge is -2.12. The van der Waals surface area contributed by atoms with Crippen molar-refractivity contribution in [3.63, 3.8) is 0 Å². The predicted molar refractivity (Wildman–Crippen MR) is 86.8 cm³/mol. The van der Waals surface area contributed by atoms with Crippen molar-refractivity contribution in [2.75, 3.05) is 0 Å². The van der Waals surface area contributed by atoms with Gasteiger partial charge >= 0.3 is 0 Å². The number of benzene rings is 2. The summed E-state index contributed by atoms with van der Waals surface area (Å²) >= 11 is 12.0. The third kappa shape index (κ3) is 2.84. The summed E-state index contributed by atoms with van der Waals surface area (Å²) in [4.78, 5) is 3.05. The van der Waals surface area contributed by atoms with Crippen LogP contribution in [0.2, 0.25) is 10.0 Å². The molecule has 0 unspecified atom stereocenters. The van der Waals surface area contributed by atoms with E-state index in [1.54, 1.807) is 18.3 Å². The van der Waals surface area contributed by atoms with Crippen LogP contribution in [-0.2, 0) is 0 Å². The molecule has 4 heteroatoms. The number of rotatable bonds is 3. The van der Waals surface area contributed by atoms with Gasteiger partial charge in [-0.2, -0.15) is 0 Å². The average molecular weight is 318 g/mol. The van der Waals surface area contributed by atoms with Crippen LogP contribution in [0.1, 0.15) is 17.2 Å². The number of hydrogen-bond donors (Lipinski definition) is 2. The zero-order valence-electron chi connectivity index (χ0n) is 11.1. The molecule has 2 aromatic carbocycles. The molecule has 3 rings (SSSR count). The molecule has 0 fully saturated rings. The van der Waals surface area contributed by atoms with Gasteiger partial charge in [0.1, 0.15) is 6.10 Å². The minimum atomic E-state index is -0.693. The van der Waals surface area contributed by atoms with Gasteiger partial charge in [0.15, 0.2) is 0 Å². The first-order valence-electron chi connectivity index (χ1n) is 6.52. The fraction of sp³-hybridized carbons (Fsp3) is 0.0588. The van der Waals surface area contributed by atoms with E-state index < -0.39 is 6.10 Å². The number of aromatic amines is 1. The molecule has 0 amide bonds. The Balaban J connectivity index is 2.03. The lowest BCUT2D eigenvalue weighted by Crippen LogP contribution is -1.99. The molecule has 1 atom stereocenters. The van der Waals surface area contributed by atoms with Gasteiger partial charge in [-0.25, -0.2) is 0 Å². The van der Waals surface area contributed by atoms with E-state index in [9.17, 15) is 5.11 Å². The van der Waals surface area contributed by atoms with Gasteiger partial charge in [-0.15, -0.1) is 0 Å². The second kappa shape index (κ2) is 5.94. The standard InChI is InChI=1S/C17H13Cl2NO/c18-15-7-6-12(8-16(15)19)13-9-20-10-14(13)17(21)11-4-2-1-3-5-11/h1-10,17,20-21H/t17-/m1/s1. The number of nitrogens with one attached hydrogen (secondary N) is 1. The molecule has 106 valence electrons. The number of aromatic nitrogens is 1. The van der Waals surface area contributed by atoms with Crippen LogP contribution in [0.4, 0.5) is 0 Å². The summed E-state index contributed by atoms with van der Waals surface area (Å²) in [6, 6.07) is 15.0. The zero-order chi connectivity index (χ0) is 14.8. The number of hydrogen-bond acceptors (Lipinski definition) is 1. The van der Waals surface area contributed by atoms with Crippen LogP contribution < -0.4 is 0 Å². The molecule has 0 radical (unpaired) electrons. The Morgan fingerprint density at radius 3 is 2.38 bits per heavy atom. The number of H-pyrrole nitrogens is 1. The largest absolute Gasteiger partial charge is 0.384 e. The van der Waals surface area contributed by atoms with Gasteiger partial charge in [0.25, 0.3) is 0 Å². The minimum absolute atomic E-state index is 0.496. The number of aliphatic hydroxyl groups is 1. The SMILES string of the molecule is O[C@H](c1ccccc1)c1c[nH]cc1-c1ccc(Cl)c(Cl)c1. The van der Waals surface area contributed by atoms with Crippen molar-refractivity contribution >= 4 is 23.2 Å². The topological polar surface area (TPSA) is 36.0 Å². The van der Waals surface area contributed by atoms with Gasteiger partial charge in [0.2, 0.25) is 0 Å². The molecule has 0 aliphatic carbocycles. The van der Waals surface area contributed by atoms with E-state index in [2.05, 4.69) is 4.98 Å². The van der Waals surface area contributed by atoms with Crippen molar-refractivity contribution in [2.24, 2.45) is 0 Å². The first-order valence-corrected chi connectivity index (χ1v) is 7.27. The Labute approximate surface area is 133 Å². The molecule has 2 nitrogen and oxygen atoms in total. The molecule has 21 heavy (non-hydrogen) atoms. The first-order chi connectivity index (χ1) is 10.2. The lowest BCUT2D eigenvalue weighted by molar-refractivity contribution is 0.221. The van der Waals surface area contributed by atoms with E-state index in [0.717, 1.165) is 22.3 Å². The molecule has 0 spiro atoms. The third-order valence-corrected chi connectivity index (χ3v) is 4.16. The van der Waals surface area contributed by atoms with Crippen molar-refractivity contribution < 1.29 is 5.11 Å². The smallest absolute Gasteiger partial charge is 0.106 e. The molecule has 1 heterocycles. The van der Waals surface area contributed by atoms with Crippen LogP contribution in [0.5, 0.6) is 0 Å². The Bertz CT molecular complexity index is 752. The van der Waals surface area contributed by atoms with Crippen molar-refractivity contribution in [3.8, 4) is 11.1 Å². The van der Waals surface area contributed by atoms with Gasteiger partial charge in [-0.05, 0) is 23.3 Å². The summed E-state index contributed by atoms with van der Waals surface area (Å²) in [6.45, 7) is 0. The maximum absolute atomic E-state index is 10.6. The quantitative estimate of drug-likeness (QED) is 0.695. The highest BCUT2D eigenvalue weighted by molar-refractivity contribution is 6.42. The molecule has 3 aromatic rings. The van der Waals surface area contributed by atoms with Crippen molar-refractivity contribution in [1.29, 1.82) is 0 Å². The fourth-order valence-electron chi connectivity index (χ4n) is 2.33. The second-order valence-corrected chi connectivity index (χ2v) is 5.58. The normalized spacial score (nSPS) is 12.3. The lowest BCUT2D eigenvalue weighted by atomic mass is 9.97. The monoisotopic (exact) mass is 317 g/mol. The van der Waals surface area contributed by atoms with E-state index in [1.807, 2.05) is 42.6 Å². The van der Waals surface area contributed by atoms with E-state index in [-0.39, 0.29) is 0 Å². The highest BCUT2D eigenvalue weighted by Crippen LogP contribution is 2.34. The minimum Gasteiger partial charge on any atom is -0.384 e. The highest BCUT2D eigenvalue weighted by Gasteiger charge is 2.16. The summed E-state index contributed by atoms with van der Waals surface area (Å²) in [5.41, 5.74) is 3.47. The molecule has 0 saturated carbocycles. The highest BCUT2D eigenvalue weighted by atomic mass is 35.5. The maximum Gasteiger partial charge on any atom is 0.106 e. The van der Waals surface area contributed by atoms with E-state index >= 15 is 0 Å². The Morgan fingerprint density at radius 1 is 0.905 bits per heavy atom. The Kier molecular flexibility index (Phi) is 4.02. The third-order valence-electron chi connectivity index (χ3n) is 3.42. The van der Waals surface area contributed by atoms with Crippen LogP contribution in [-0.4, -0.2) is 10.1 Å². The van der Waals surface area contributed by atoms with Gasteiger partial charge in [-0.3, -0.25) is 0 Å². The Morgan fingerprint density at radius 2 is 1.67 bits per heavy atom. The average Bonchev–Trinajstić information content (AvgIpc) is 2.99. The van der Waals surface area contributed by atoms with Crippen LogP contribution in [0, 0.1) is 0 Å². The van der Waals surface area contributed by atoms with Crippen molar-refractivity contribution in [1.82, 2.24) is 4.98 Å². The van der Waals surface area contributed by atoms with Gasteiger partial charge < -0.3 is 10.1 Å². The van der Waals surface area contributed by atoms with E-state index in [4.69, 9.17) is 23.2 Å². The summed E-state index contributed by atoms with van der Waals surface area (Å²) in [5.74, 6) is 0. The molecule has 0 aliphatic rings. The van der Waals surface area contributed by atoms with E-state index in [0.29, 0.717) is 10.0 Å². The first kappa shape index (κ1) is 14.2. The second-order valence-electron chi connectivity index (χ2n) is 4.77. The van der Waals surface area contributed by atoms with Crippen LogP contribution in [0.15, 0.2) is 60.9 Å². The van der Waals surface area contributed by atoms with Crippen LogP contribution in [0.3, 0.4) is 0 Å². The van der Waals surface area contributed by atoms with Crippen molar-refractivity contribution in [2.45, 2.75) is 6.10 Å². The maximum atomic E-state index is 10.6. The van der Waals surface area contributed by atoms with Gasteiger partial charge in [-0.1, -0.05) is 59.6 Å². The number of aliphatic hydroxyl groups excluding tert-OH is 1. The fourth-order valence-corrected chi connectivity index (χ4v) is 2.63. The van der Waals surface area contributed by atoms with Crippen molar-refractivity contribution in [3.05, 3.63) is 82.1 Å². The molecule has 2 N–H and O–H groups in total. The predicted octanol–water partition coefficient (Wildman–Crippen LogP) is 5.07. The molecule has 0 bridgehead atoms. The van der Waals surface area contributed by atoms with E-state index in [1.165, 1.54) is 0 Å². The summed E-state index contributed by atoms with van der Waals surface area (Å²) in [7, 11) is 0. The zero-order valence-corrected chi connectivity index (χ0v) is 12.6. The molecular formula is C17H13Cl2NO. The summed E-state index contributed by atoms with van der Waals surface area (Å²) in [5, 5.41) is 11.6. The molecular weight excluding hydrogens is 305 g/mol. The Hall–Kier alpha value is -1.74. The molecule has 1 aromatic heterocycles. The van der Waals surface area contributed by atoms with Crippen LogP contribution >= 0.6 is 23.2 Å². The summed E-state index contributed by atoms with van der Waals surface area (Å²) < 4.78 is 0.